The quantitative estimate of drug-likeness (QED) is 0.778. The summed E-state index contributed by atoms with van der Waals surface area (Å²) in [5.74, 6) is 0. The maximum absolute atomic E-state index is 9.84. The lowest BCUT2D eigenvalue weighted by molar-refractivity contribution is -0.0453. The van der Waals surface area contributed by atoms with E-state index in [9.17, 15) is 5.11 Å². The molecule has 0 spiro atoms. The first kappa shape index (κ1) is 14.9. The molecule has 0 aliphatic carbocycles. The van der Waals surface area contributed by atoms with Crippen molar-refractivity contribution in [3.8, 4) is 0 Å². The molecule has 3 nitrogen and oxygen atoms in total. The lowest BCUT2D eigenvalue weighted by atomic mass is 9.81. The smallest absolute Gasteiger partial charge is 0.0577 e. The Morgan fingerprint density at radius 2 is 1.88 bits per heavy atom. The van der Waals surface area contributed by atoms with Crippen LogP contribution < -0.4 is 5.32 Å². The zero-order chi connectivity index (χ0) is 13.1. The van der Waals surface area contributed by atoms with Gasteiger partial charge in [-0.1, -0.05) is 13.8 Å². The van der Waals surface area contributed by atoms with Gasteiger partial charge in [0.25, 0.3) is 0 Å². The van der Waals surface area contributed by atoms with Crippen molar-refractivity contribution in [2.45, 2.75) is 78.2 Å². The number of aliphatic hydroxyl groups is 1. The first-order chi connectivity index (χ1) is 7.87. The predicted molar refractivity (Wildman–Crippen MR) is 71.1 cm³/mol. The topological polar surface area (TPSA) is 41.5 Å². The summed E-state index contributed by atoms with van der Waals surface area (Å²) < 4.78 is 5.73. The monoisotopic (exact) mass is 243 g/mol. The third kappa shape index (κ3) is 4.23. The molecule has 1 aliphatic heterocycles. The van der Waals surface area contributed by atoms with Crippen LogP contribution in [0, 0.1) is 5.41 Å². The van der Waals surface area contributed by atoms with Gasteiger partial charge in [-0.05, 0) is 40.0 Å². The second kappa shape index (κ2) is 6.17. The van der Waals surface area contributed by atoms with Crippen LogP contribution in [-0.4, -0.2) is 36.0 Å². The van der Waals surface area contributed by atoms with E-state index in [1.165, 1.54) is 0 Å². The number of hydrogen-bond donors (Lipinski definition) is 2. The van der Waals surface area contributed by atoms with Gasteiger partial charge in [0, 0.05) is 18.0 Å². The highest BCUT2D eigenvalue weighted by Crippen LogP contribution is 2.26. The highest BCUT2D eigenvalue weighted by atomic mass is 16.5. The Bertz CT molecular complexity index is 222. The molecule has 0 aromatic rings. The summed E-state index contributed by atoms with van der Waals surface area (Å²) in [6, 6.07) is 0.526. The minimum Gasteiger partial charge on any atom is -0.393 e. The third-order valence-corrected chi connectivity index (χ3v) is 4.31. The molecule has 4 atom stereocenters. The van der Waals surface area contributed by atoms with E-state index in [0.29, 0.717) is 18.2 Å². The van der Waals surface area contributed by atoms with Gasteiger partial charge >= 0.3 is 0 Å². The molecule has 1 rings (SSSR count). The number of aliphatic hydroxyl groups excluding tert-OH is 1. The van der Waals surface area contributed by atoms with Gasteiger partial charge in [-0.3, -0.25) is 0 Å². The van der Waals surface area contributed by atoms with Crippen LogP contribution in [0.1, 0.15) is 53.9 Å². The Labute approximate surface area is 106 Å². The SMILES string of the molecule is CCC(C)(CNC1CC(C)OC(C)C1)C(C)O. The van der Waals surface area contributed by atoms with Crippen molar-refractivity contribution in [3.05, 3.63) is 0 Å². The fraction of sp³-hybridized carbons (Fsp3) is 1.00. The highest BCUT2D eigenvalue weighted by molar-refractivity contribution is 4.85. The van der Waals surface area contributed by atoms with E-state index in [-0.39, 0.29) is 11.5 Å². The van der Waals surface area contributed by atoms with E-state index < -0.39 is 0 Å². The Morgan fingerprint density at radius 3 is 2.29 bits per heavy atom. The summed E-state index contributed by atoms with van der Waals surface area (Å²) in [7, 11) is 0. The predicted octanol–water partition coefficient (Wildman–Crippen LogP) is 2.33. The summed E-state index contributed by atoms with van der Waals surface area (Å²) in [6.45, 7) is 11.3. The van der Waals surface area contributed by atoms with Crippen molar-refractivity contribution in [2.24, 2.45) is 5.41 Å². The molecular weight excluding hydrogens is 214 g/mol. The van der Waals surface area contributed by atoms with Crippen molar-refractivity contribution in [3.63, 3.8) is 0 Å². The number of hydrogen-bond acceptors (Lipinski definition) is 3. The van der Waals surface area contributed by atoms with Crippen LogP contribution in [-0.2, 0) is 4.74 Å². The van der Waals surface area contributed by atoms with E-state index in [0.717, 1.165) is 25.8 Å². The van der Waals surface area contributed by atoms with Gasteiger partial charge in [0.05, 0.1) is 18.3 Å². The molecule has 0 aromatic heterocycles. The normalized spacial score (nSPS) is 35.3. The molecule has 0 saturated carbocycles. The summed E-state index contributed by atoms with van der Waals surface area (Å²) in [4.78, 5) is 0. The van der Waals surface area contributed by atoms with Crippen molar-refractivity contribution < 1.29 is 9.84 Å². The summed E-state index contributed by atoms with van der Waals surface area (Å²) in [5.41, 5.74) is -0.0230. The Kier molecular flexibility index (Phi) is 5.42. The Morgan fingerprint density at radius 1 is 1.35 bits per heavy atom. The van der Waals surface area contributed by atoms with Crippen molar-refractivity contribution >= 4 is 0 Å². The van der Waals surface area contributed by atoms with Gasteiger partial charge in [0.2, 0.25) is 0 Å². The number of ether oxygens (including phenoxy) is 1. The molecular formula is C14H29NO2. The van der Waals surface area contributed by atoms with Crippen LogP contribution in [0.5, 0.6) is 0 Å². The fourth-order valence-corrected chi connectivity index (χ4v) is 2.52. The summed E-state index contributed by atoms with van der Waals surface area (Å²) >= 11 is 0. The zero-order valence-corrected chi connectivity index (χ0v) is 12.0. The molecule has 102 valence electrons. The van der Waals surface area contributed by atoms with E-state index in [1.807, 2.05) is 6.92 Å². The van der Waals surface area contributed by atoms with Gasteiger partial charge < -0.3 is 15.2 Å². The lowest BCUT2D eigenvalue weighted by Crippen LogP contribution is -2.47. The van der Waals surface area contributed by atoms with Crippen LogP contribution in [0.15, 0.2) is 0 Å². The third-order valence-electron chi connectivity index (χ3n) is 4.31. The molecule has 0 bridgehead atoms. The molecule has 0 aromatic carbocycles. The van der Waals surface area contributed by atoms with E-state index in [2.05, 4.69) is 33.0 Å². The Balaban J connectivity index is 2.44. The average molecular weight is 243 g/mol. The van der Waals surface area contributed by atoms with Crippen LogP contribution in [0.25, 0.3) is 0 Å². The molecule has 1 fully saturated rings. The highest BCUT2D eigenvalue weighted by Gasteiger charge is 2.30. The average Bonchev–Trinajstić information content (AvgIpc) is 2.24. The first-order valence-electron chi connectivity index (χ1n) is 6.94. The van der Waals surface area contributed by atoms with Crippen LogP contribution >= 0.6 is 0 Å². The lowest BCUT2D eigenvalue weighted by Gasteiger charge is -2.37. The van der Waals surface area contributed by atoms with Gasteiger partial charge in [-0.25, -0.2) is 0 Å². The maximum Gasteiger partial charge on any atom is 0.0577 e. The minimum absolute atomic E-state index is 0.0230. The standard InChI is InChI=1S/C14H29NO2/c1-6-14(5,12(4)16)9-15-13-7-10(2)17-11(3)8-13/h10-13,15-16H,6-9H2,1-5H3. The van der Waals surface area contributed by atoms with Gasteiger partial charge in [0.15, 0.2) is 0 Å². The molecule has 17 heavy (non-hydrogen) atoms. The molecule has 0 radical (unpaired) electrons. The van der Waals surface area contributed by atoms with Gasteiger partial charge in [-0.2, -0.15) is 0 Å². The van der Waals surface area contributed by atoms with Crippen molar-refractivity contribution in [2.75, 3.05) is 6.54 Å². The fourth-order valence-electron chi connectivity index (χ4n) is 2.52. The molecule has 3 heteroatoms. The van der Waals surface area contributed by atoms with E-state index >= 15 is 0 Å². The molecule has 2 N–H and O–H groups in total. The molecule has 1 saturated heterocycles. The van der Waals surface area contributed by atoms with Crippen LogP contribution in [0.3, 0.4) is 0 Å². The van der Waals surface area contributed by atoms with Crippen LogP contribution in [0.2, 0.25) is 0 Å². The molecule has 1 aliphatic rings. The van der Waals surface area contributed by atoms with Gasteiger partial charge in [-0.15, -0.1) is 0 Å². The minimum atomic E-state index is -0.269. The number of nitrogens with one attached hydrogen (secondary N) is 1. The second-order valence-corrected chi connectivity index (χ2v) is 5.99. The first-order valence-corrected chi connectivity index (χ1v) is 6.94. The Hall–Kier alpha value is -0.120. The second-order valence-electron chi connectivity index (χ2n) is 5.99. The van der Waals surface area contributed by atoms with E-state index in [1.54, 1.807) is 0 Å². The summed E-state index contributed by atoms with van der Waals surface area (Å²) in [5, 5.41) is 13.5. The molecule has 0 amide bonds. The summed E-state index contributed by atoms with van der Waals surface area (Å²) in [6.07, 6.45) is 3.56. The largest absolute Gasteiger partial charge is 0.393 e. The zero-order valence-electron chi connectivity index (χ0n) is 12.0. The van der Waals surface area contributed by atoms with Crippen molar-refractivity contribution in [1.82, 2.24) is 5.32 Å². The van der Waals surface area contributed by atoms with Crippen LogP contribution in [0.4, 0.5) is 0 Å². The maximum atomic E-state index is 9.84. The van der Waals surface area contributed by atoms with Gasteiger partial charge in [0.1, 0.15) is 0 Å². The van der Waals surface area contributed by atoms with E-state index in [4.69, 9.17) is 4.74 Å². The van der Waals surface area contributed by atoms with Crippen molar-refractivity contribution in [1.29, 1.82) is 0 Å². The molecule has 4 unspecified atom stereocenters. The molecule has 1 heterocycles. The number of rotatable bonds is 5.